The van der Waals surface area contributed by atoms with E-state index in [0.29, 0.717) is 5.92 Å². The molecule has 1 unspecified atom stereocenters. The molecule has 100 valence electrons. The molecule has 0 aromatic heterocycles. The molecule has 0 radical (unpaired) electrons. The Kier molecular flexibility index (Phi) is 5.86. The molecule has 0 bridgehead atoms. The van der Waals surface area contributed by atoms with E-state index in [9.17, 15) is 4.79 Å². The molecule has 0 saturated carbocycles. The minimum Gasteiger partial charge on any atom is -0.468 e. The molecule has 0 fully saturated rings. The van der Waals surface area contributed by atoms with Gasteiger partial charge in [0.15, 0.2) is 0 Å². The minimum atomic E-state index is -0.365. The van der Waals surface area contributed by atoms with Gasteiger partial charge in [0, 0.05) is 0 Å². The molecule has 0 amide bonds. The van der Waals surface area contributed by atoms with Crippen molar-refractivity contribution < 1.29 is 9.53 Å². The third kappa shape index (κ3) is 3.84. The highest BCUT2D eigenvalue weighted by atomic mass is 16.5. The molecular formula is C15H23NO2. The molecular weight excluding hydrogens is 226 g/mol. The summed E-state index contributed by atoms with van der Waals surface area (Å²) in [6.07, 6.45) is 0.984. The molecule has 0 aliphatic carbocycles. The molecule has 1 rings (SSSR count). The van der Waals surface area contributed by atoms with Crippen molar-refractivity contribution in [1.82, 2.24) is 5.32 Å². The highest BCUT2D eigenvalue weighted by Crippen LogP contribution is 2.19. The lowest BCUT2D eigenvalue weighted by Crippen LogP contribution is -2.30. The number of benzene rings is 1. The molecule has 18 heavy (non-hydrogen) atoms. The number of hydrogen-bond donors (Lipinski definition) is 1. The Hall–Kier alpha value is -1.35. The van der Waals surface area contributed by atoms with Crippen LogP contribution in [-0.2, 0) is 9.53 Å². The summed E-state index contributed by atoms with van der Waals surface area (Å²) in [7, 11) is 1.42. The van der Waals surface area contributed by atoms with E-state index in [0.717, 1.165) is 18.5 Å². The predicted octanol–water partition coefficient (Wildman–Crippen LogP) is 3.02. The van der Waals surface area contributed by atoms with E-state index in [4.69, 9.17) is 4.74 Å². The molecule has 3 heteroatoms. The number of ether oxygens (including phenoxy) is 1. The van der Waals surface area contributed by atoms with Crippen molar-refractivity contribution in [2.45, 2.75) is 39.2 Å². The zero-order chi connectivity index (χ0) is 13.5. The first-order chi connectivity index (χ1) is 8.60. The summed E-state index contributed by atoms with van der Waals surface area (Å²) in [5.74, 6) is 0.264. The van der Waals surface area contributed by atoms with Crippen LogP contribution in [0.3, 0.4) is 0 Å². The largest absolute Gasteiger partial charge is 0.468 e. The molecule has 1 aromatic carbocycles. The van der Waals surface area contributed by atoms with Crippen LogP contribution < -0.4 is 5.32 Å². The first kappa shape index (κ1) is 14.7. The van der Waals surface area contributed by atoms with E-state index < -0.39 is 0 Å². The molecule has 1 atom stereocenters. The summed E-state index contributed by atoms with van der Waals surface area (Å²) < 4.78 is 4.84. The second-order valence-corrected chi connectivity index (χ2v) is 4.73. The number of carbonyl (C=O) groups is 1. The Morgan fingerprint density at radius 2 is 1.78 bits per heavy atom. The van der Waals surface area contributed by atoms with Crippen LogP contribution in [0.4, 0.5) is 0 Å². The first-order valence-corrected chi connectivity index (χ1v) is 6.51. The fourth-order valence-corrected chi connectivity index (χ4v) is 1.82. The second-order valence-electron chi connectivity index (χ2n) is 4.73. The quantitative estimate of drug-likeness (QED) is 0.788. The number of hydrogen-bond acceptors (Lipinski definition) is 3. The summed E-state index contributed by atoms with van der Waals surface area (Å²) >= 11 is 0. The monoisotopic (exact) mass is 249 g/mol. The minimum absolute atomic E-state index is 0.235. The SMILES string of the molecule is CCCNC(C(=O)OC)c1ccc(C(C)C)cc1. The Morgan fingerprint density at radius 3 is 2.22 bits per heavy atom. The molecule has 0 spiro atoms. The van der Waals surface area contributed by atoms with Gasteiger partial charge in [-0.1, -0.05) is 45.0 Å². The zero-order valence-electron chi connectivity index (χ0n) is 11.7. The first-order valence-electron chi connectivity index (χ1n) is 6.51. The van der Waals surface area contributed by atoms with Gasteiger partial charge in [-0.3, -0.25) is 0 Å². The van der Waals surface area contributed by atoms with Crippen molar-refractivity contribution in [1.29, 1.82) is 0 Å². The van der Waals surface area contributed by atoms with Gasteiger partial charge in [-0.15, -0.1) is 0 Å². The maximum absolute atomic E-state index is 11.8. The summed E-state index contributed by atoms with van der Waals surface area (Å²) in [4.78, 5) is 11.8. The molecule has 3 nitrogen and oxygen atoms in total. The molecule has 0 aliphatic rings. The van der Waals surface area contributed by atoms with Crippen LogP contribution in [0.2, 0.25) is 0 Å². The summed E-state index contributed by atoms with van der Waals surface area (Å²) in [6, 6.07) is 7.78. The van der Waals surface area contributed by atoms with Gasteiger partial charge in [-0.2, -0.15) is 0 Å². The van der Waals surface area contributed by atoms with Crippen molar-refractivity contribution in [3.05, 3.63) is 35.4 Å². The summed E-state index contributed by atoms with van der Waals surface area (Å²) in [5.41, 5.74) is 2.23. The molecule has 1 N–H and O–H groups in total. The topological polar surface area (TPSA) is 38.3 Å². The van der Waals surface area contributed by atoms with Crippen LogP contribution in [0.5, 0.6) is 0 Å². The maximum atomic E-state index is 11.8. The number of rotatable bonds is 6. The van der Waals surface area contributed by atoms with Crippen molar-refractivity contribution >= 4 is 5.97 Å². The second kappa shape index (κ2) is 7.17. The van der Waals surface area contributed by atoms with E-state index in [1.807, 2.05) is 12.1 Å². The number of esters is 1. The van der Waals surface area contributed by atoms with Gasteiger partial charge < -0.3 is 10.1 Å². The number of nitrogens with one attached hydrogen (secondary N) is 1. The Balaban J connectivity index is 2.87. The fraction of sp³-hybridized carbons (Fsp3) is 0.533. The van der Waals surface area contributed by atoms with Crippen molar-refractivity contribution in [2.75, 3.05) is 13.7 Å². The van der Waals surface area contributed by atoms with Gasteiger partial charge in [-0.05, 0) is 30.0 Å². The molecule has 0 aliphatic heterocycles. The maximum Gasteiger partial charge on any atom is 0.327 e. The van der Waals surface area contributed by atoms with Crippen LogP contribution in [0.1, 0.15) is 50.3 Å². The van der Waals surface area contributed by atoms with E-state index in [1.54, 1.807) is 0 Å². The predicted molar refractivity (Wildman–Crippen MR) is 73.6 cm³/mol. The Labute approximate surface area is 110 Å². The van der Waals surface area contributed by atoms with Crippen LogP contribution in [0, 0.1) is 0 Å². The van der Waals surface area contributed by atoms with E-state index >= 15 is 0 Å². The summed E-state index contributed by atoms with van der Waals surface area (Å²) in [5, 5.41) is 3.21. The number of methoxy groups -OCH3 is 1. The van der Waals surface area contributed by atoms with Gasteiger partial charge in [0.25, 0.3) is 0 Å². The van der Waals surface area contributed by atoms with Gasteiger partial charge in [-0.25, -0.2) is 4.79 Å². The fourth-order valence-electron chi connectivity index (χ4n) is 1.82. The van der Waals surface area contributed by atoms with E-state index in [-0.39, 0.29) is 12.0 Å². The zero-order valence-corrected chi connectivity index (χ0v) is 11.7. The third-order valence-corrected chi connectivity index (χ3v) is 2.97. The van der Waals surface area contributed by atoms with Gasteiger partial charge in [0.05, 0.1) is 7.11 Å². The lowest BCUT2D eigenvalue weighted by atomic mass is 9.99. The Morgan fingerprint density at radius 1 is 1.22 bits per heavy atom. The summed E-state index contributed by atoms with van der Waals surface area (Å²) in [6.45, 7) is 7.18. The van der Waals surface area contributed by atoms with Crippen LogP contribution in [0.15, 0.2) is 24.3 Å². The van der Waals surface area contributed by atoms with Crippen molar-refractivity contribution in [3.8, 4) is 0 Å². The van der Waals surface area contributed by atoms with Crippen LogP contribution in [-0.4, -0.2) is 19.6 Å². The highest BCUT2D eigenvalue weighted by Gasteiger charge is 2.20. The van der Waals surface area contributed by atoms with E-state index in [1.165, 1.54) is 12.7 Å². The van der Waals surface area contributed by atoms with Gasteiger partial charge in [0.2, 0.25) is 0 Å². The van der Waals surface area contributed by atoms with Crippen LogP contribution >= 0.6 is 0 Å². The van der Waals surface area contributed by atoms with Crippen LogP contribution in [0.25, 0.3) is 0 Å². The lowest BCUT2D eigenvalue weighted by Gasteiger charge is -2.17. The van der Waals surface area contributed by atoms with Crippen molar-refractivity contribution in [3.63, 3.8) is 0 Å². The molecule has 0 heterocycles. The third-order valence-electron chi connectivity index (χ3n) is 2.97. The molecule has 0 saturated heterocycles. The highest BCUT2D eigenvalue weighted by molar-refractivity contribution is 5.77. The van der Waals surface area contributed by atoms with Gasteiger partial charge >= 0.3 is 5.97 Å². The smallest absolute Gasteiger partial charge is 0.327 e. The Bertz CT molecular complexity index is 371. The average molecular weight is 249 g/mol. The number of carbonyl (C=O) groups excluding carboxylic acids is 1. The standard InChI is InChI=1S/C15H23NO2/c1-5-10-16-14(15(17)18-4)13-8-6-12(7-9-13)11(2)3/h6-9,11,14,16H,5,10H2,1-4H3. The average Bonchev–Trinajstić information content (AvgIpc) is 2.39. The van der Waals surface area contributed by atoms with E-state index in [2.05, 4.69) is 38.2 Å². The molecule has 1 aromatic rings. The van der Waals surface area contributed by atoms with Crippen molar-refractivity contribution in [2.24, 2.45) is 0 Å². The van der Waals surface area contributed by atoms with Gasteiger partial charge in [0.1, 0.15) is 6.04 Å². The normalized spacial score (nSPS) is 12.5. The lowest BCUT2D eigenvalue weighted by molar-refractivity contribution is -0.143.